The number of carbonyl (C=O) groups excluding carboxylic acids is 1. The number of hydrogen-bond donors (Lipinski definition) is 2. The summed E-state index contributed by atoms with van der Waals surface area (Å²) in [6.07, 6.45) is 0. The van der Waals surface area contributed by atoms with Crippen LogP contribution in [0.15, 0.2) is 48.5 Å². The molecule has 0 saturated heterocycles. The number of nitrogens with zero attached hydrogens (tertiary/aromatic N) is 1. The zero-order chi connectivity index (χ0) is 16.7. The molecule has 0 atom stereocenters. The van der Waals surface area contributed by atoms with Crippen molar-refractivity contribution in [3.63, 3.8) is 0 Å². The molecule has 0 bridgehead atoms. The van der Waals surface area contributed by atoms with E-state index in [1.165, 1.54) is 12.1 Å². The Hall–Kier alpha value is -3.33. The molecule has 0 heterocycles. The van der Waals surface area contributed by atoms with E-state index in [2.05, 4.69) is 5.32 Å². The van der Waals surface area contributed by atoms with E-state index in [4.69, 9.17) is 15.1 Å². The Bertz CT molecular complexity index is 731. The van der Waals surface area contributed by atoms with Gasteiger partial charge in [-0.25, -0.2) is 4.79 Å². The molecule has 2 aromatic rings. The highest BCUT2D eigenvalue weighted by Gasteiger charge is 2.05. The highest BCUT2D eigenvalue weighted by atomic mass is 16.5. The van der Waals surface area contributed by atoms with Gasteiger partial charge in [-0.15, -0.1) is 0 Å². The summed E-state index contributed by atoms with van der Waals surface area (Å²) in [6, 6.07) is 14.7. The molecule has 23 heavy (non-hydrogen) atoms. The summed E-state index contributed by atoms with van der Waals surface area (Å²) in [4.78, 5) is 22.4. The number of ether oxygens (including phenoxy) is 1. The first-order chi connectivity index (χ1) is 11.1. The molecule has 0 saturated carbocycles. The van der Waals surface area contributed by atoms with Gasteiger partial charge in [0, 0.05) is 6.54 Å². The zero-order valence-electron chi connectivity index (χ0n) is 12.2. The molecule has 6 heteroatoms. The van der Waals surface area contributed by atoms with Gasteiger partial charge in [-0.1, -0.05) is 12.1 Å². The fourth-order valence-electron chi connectivity index (χ4n) is 1.79. The lowest BCUT2D eigenvalue weighted by Gasteiger charge is -2.08. The standard InChI is InChI=1S/C17H14N2O4/c18-9-12-3-7-15(8-4-12)23-11-16(20)19-10-13-1-5-14(6-2-13)17(21)22/h1-8H,10-11H2,(H,19,20)(H,21,22). The third kappa shape index (κ3) is 4.86. The maximum absolute atomic E-state index is 11.7. The van der Waals surface area contributed by atoms with Gasteiger partial charge in [-0.2, -0.15) is 5.26 Å². The first-order valence-electron chi connectivity index (χ1n) is 6.80. The number of amides is 1. The Morgan fingerprint density at radius 3 is 2.30 bits per heavy atom. The molecule has 116 valence electrons. The predicted octanol–water partition coefficient (Wildman–Crippen LogP) is 1.95. The largest absolute Gasteiger partial charge is 0.484 e. The van der Waals surface area contributed by atoms with Crippen molar-refractivity contribution in [2.75, 3.05) is 6.61 Å². The van der Waals surface area contributed by atoms with Crippen molar-refractivity contribution >= 4 is 11.9 Å². The number of rotatable bonds is 6. The third-order valence-electron chi connectivity index (χ3n) is 3.04. The van der Waals surface area contributed by atoms with E-state index in [1.54, 1.807) is 36.4 Å². The van der Waals surface area contributed by atoms with Crippen molar-refractivity contribution in [2.45, 2.75) is 6.54 Å². The maximum Gasteiger partial charge on any atom is 0.335 e. The van der Waals surface area contributed by atoms with E-state index in [-0.39, 0.29) is 24.6 Å². The second-order valence-electron chi connectivity index (χ2n) is 4.70. The van der Waals surface area contributed by atoms with Crippen molar-refractivity contribution in [2.24, 2.45) is 0 Å². The van der Waals surface area contributed by atoms with Crippen LogP contribution in [0.4, 0.5) is 0 Å². The molecule has 0 aliphatic heterocycles. The van der Waals surface area contributed by atoms with Crippen LogP contribution in [0, 0.1) is 11.3 Å². The van der Waals surface area contributed by atoms with Crippen molar-refractivity contribution in [1.82, 2.24) is 5.32 Å². The quantitative estimate of drug-likeness (QED) is 0.849. The fraction of sp³-hybridized carbons (Fsp3) is 0.118. The number of nitriles is 1. The zero-order valence-corrected chi connectivity index (χ0v) is 12.2. The topological polar surface area (TPSA) is 99.4 Å². The third-order valence-corrected chi connectivity index (χ3v) is 3.04. The molecular weight excluding hydrogens is 296 g/mol. The molecule has 6 nitrogen and oxygen atoms in total. The summed E-state index contributed by atoms with van der Waals surface area (Å²) in [6.45, 7) is 0.147. The van der Waals surface area contributed by atoms with Crippen LogP contribution in [0.3, 0.4) is 0 Å². The fourth-order valence-corrected chi connectivity index (χ4v) is 1.79. The average molecular weight is 310 g/mol. The first kappa shape index (κ1) is 16.0. The minimum Gasteiger partial charge on any atom is -0.484 e. The van der Waals surface area contributed by atoms with Gasteiger partial charge in [-0.3, -0.25) is 4.79 Å². The molecule has 0 radical (unpaired) electrons. The van der Waals surface area contributed by atoms with E-state index < -0.39 is 5.97 Å². The van der Waals surface area contributed by atoms with Gasteiger partial charge in [0.25, 0.3) is 5.91 Å². The van der Waals surface area contributed by atoms with E-state index in [1.807, 2.05) is 6.07 Å². The summed E-state index contributed by atoms with van der Waals surface area (Å²) >= 11 is 0. The lowest BCUT2D eigenvalue weighted by molar-refractivity contribution is -0.123. The van der Waals surface area contributed by atoms with Crippen LogP contribution in [-0.4, -0.2) is 23.6 Å². The monoisotopic (exact) mass is 310 g/mol. The summed E-state index contributed by atoms with van der Waals surface area (Å²) in [7, 11) is 0. The van der Waals surface area contributed by atoms with Crippen LogP contribution < -0.4 is 10.1 Å². The normalized spacial score (nSPS) is 9.70. The van der Waals surface area contributed by atoms with Crippen LogP contribution in [-0.2, 0) is 11.3 Å². The molecule has 2 N–H and O–H groups in total. The first-order valence-corrected chi connectivity index (χ1v) is 6.80. The number of aromatic carboxylic acids is 1. The number of carboxylic acids is 1. The molecule has 0 aromatic heterocycles. The number of hydrogen-bond acceptors (Lipinski definition) is 4. The van der Waals surface area contributed by atoms with Gasteiger partial charge in [-0.05, 0) is 42.0 Å². The van der Waals surface area contributed by atoms with Gasteiger partial charge in [0.05, 0.1) is 17.2 Å². The minimum atomic E-state index is -0.989. The molecule has 0 aliphatic carbocycles. The molecule has 0 aliphatic rings. The lowest BCUT2D eigenvalue weighted by Crippen LogP contribution is -2.28. The minimum absolute atomic E-state index is 0.140. The summed E-state index contributed by atoms with van der Waals surface area (Å²) in [5, 5.41) is 20.2. The van der Waals surface area contributed by atoms with E-state index >= 15 is 0 Å². The number of carboxylic acid groups (broad SMARTS) is 1. The Kier molecular flexibility index (Phi) is 5.31. The van der Waals surface area contributed by atoms with Crippen LogP contribution >= 0.6 is 0 Å². The predicted molar refractivity (Wildman–Crippen MR) is 81.9 cm³/mol. The van der Waals surface area contributed by atoms with Gasteiger partial charge in [0.1, 0.15) is 5.75 Å². The Balaban J connectivity index is 1.78. The average Bonchev–Trinajstić information content (AvgIpc) is 2.59. The highest BCUT2D eigenvalue weighted by molar-refractivity contribution is 5.87. The number of carbonyl (C=O) groups is 2. The van der Waals surface area contributed by atoms with Gasteiger partial charge >= 0.3 is 5.97 Å². The van der Waals surface area contributed by atoms with E-state index in [0.717, 1.165) is 5.56 Å². The molecule has 2 rings (SSSR count). The van der Waals surface area contributed by atoms with Gasteiger partial charge in [0.2, 0.25) is 0 Å². The van der Waals surface area contributed by atoms with E-state index in [0.29, 0.717) is 11.3 Å². The van der Waals surface area contributed by atoms with E-state index in [9.17, 15) is 9.59 Å². The molecule has 0 fully saturated rings. The number of nitrogens with one attached hydrogen (secondary N) is 1. The van der Waals surface area contributed by atoms with Crippen molar-refractivity contribution < 1.29 is 19.4 Å². The highest BCUT2D eigenvalue weighted by Crippen LogP contribution is 2.11. The number of benzene rings is 2. The summed E-state index contributed by atoms with van der Waals surface area (Å²) in [5.74, 6) is -0.780. The maximum atomic E-state index is 11.7. The Morgan fingerprint density at radius 2 is 1.74 bits per heavy atom. The lowest BCUT2D eigenvalue weighted by atomic mass is 10.1. The smallest absolute Gasteiger partial charge is 0.335 e. The van der Waals surface area contributed by atoms with Crippen molar-refractivity contribution in [3.8, 4) is 11.8 Å². The molecule has 0 spiro atoms. The van der Waals surface area contributed by atoms with Crippen molar-refractivity contribution in [1.29, 1.82) is 5.26 Å². The van der Waals surface area contributed by atoms with Crippen LogP contribution in [0.25, 0.3) is 0 Å². The molecule has 2 aromatic carbocycles. The molecular formula is C17H14N2O4. The second kappa shape index (κ2) is 7.61. The second-order valence-corrected chi connectivity index (χ2v) is 4.70. The SMILES string of the molecule is N#Cc1ccc(OCC(=O)NCc2ccc(C(=O)O)cc2)cc1. The molecule has 0 unspecified atom stereocenters. The summed E-state index contributed by atoms with van der Waals surface area (Å²) in [5.41, 5.74) is 1.51. The van der Waals surface area contributed by atoms with Crippen LogP contribution in [0.2, 0.25) is 0 Å². The Labute approximate surface area is 132 Å². The van der Waals surface area contributed by atoms with Gasteiger partial charge < -0.3 is 15.2 Å². The molecule has 1 amide bonds. The van der Waals surface area contributed by atoms with Gasteiger partial charge in [0.15, 0.2) is 6.61 Å². The van der Waals surface area contributed by atoms with Crippen LogP contribution in [0.1, 0.15) is 21.5 Å². The summed E-state index contributed by atoms with van der Waals surface area (Å²) < 4.78 is 5.31. The van der Waals surface area contributed by atoms with Crippen LogP contribution in [0.5, 0.6) is 5.75 Å². The Morgan fingerprint density at radius 1 is 1.09 bits per heavy atom. The van der Waals surface area contributed by atoms with Crippen molar-refractivity contribution in [3.05, 3.63) is 65.2 Å².